The van der Waals surface area contributed by atoms with Gasteiger partial charge in [0.1, 0.15) is 0 Å². The molecule has 5 rings (SSSR count). The van der Waals surface area contributed by atoms with Crippen LogP contribution in [0.25, 0.3) is 12.2 Å². The zero-order valence-corrected chi connectivity index (χ0v) is 18.6. The Morgan fingerprint density at radius 2 is 1.06 bits per heavy atom. The van der Waals surface area contributed by atoms with Crippen LogP contribution in [0.15, 0.2) is 84.2 Å². The highest BCUT2D eigenvalue weighted by Gasteiger charge is 2.47. The fraction of sp³-hybridized carbons (Fsp3) is 0.286. The summed E-state index contributed by atoms with van der Waals surface area (Å²) in [6.45, 7) is 5.90. The third kappa shape index (κ3) is 3.40. The van der Waals surface area contributed by atoms with E-state index < -0.39 is 12.2 Å². The smallest absolute Gasteiger partial charge is 0.0717 e. The minimum absolute atomic E-state index is 0.286. The minimum atomic E-state index is -0.612. The van der Waals surface area contributed by atoms with Crippen molar-refractivity contribution in [2.45, 2.75) is 26.1 Å². The van der Waals surface area contributed by atoms with Gasteiger partial charge in [-0.25, -0.2) is 0 Å². The number of aliphatic hydroxyl groups is 2. The Bertz CT molecular complexity index is 1030. The summed E-state index contributed by atoms with van der Waals surface area (Å²) in [5, 5.41) is 21.9. The van der Waals surface area contributed by atoms with Gasteiger partial charge in [-0.1, -0.05) is 60.7 Å². The van der Waals surface area contributed by atoms with Crippen LogP contribution in [0.2, 0.25) is 0 Å². The molecule has 2 aliphatic heterocycles. The molecule has 1 fully saturated rings. The van der Waals surface area contributed by atoms with Crippen LogP contribution in [0.1, 0.15) is 25.0 Å². The number of nitrogens with zero attached hydrogens (tertiary/aromatic N) is 2. The fourth-order valence-corrected chi connectivity index (χ4v) is 5.11. The maximum atomic E-state index is 11.0. The maximum Gasteiger partial charge on any atom is 0.0717 e. The van der Waals surface area contributed by atoms with Crippen molar-refractivity contribution in [1.82, 2.24) is 0 Å². The van der Waals surface area contributed by atoms with Gasteiger partial charge in [0.15, 0.2) is 0 Å². The first kappa shape index (κ1) is 20.8. The summed E-state index contributed by atoms with van der Waals surface area (Å²) in [7, 11) is 0. The van der Waals surface area contributed by atoms with Gasteiger partial charge in [0.05, 0.1) is 12.2 Å². The van der Waals surface area contributed by atoms with Crippen molar-refractivity contribution in [2.75, 3.05) is 22.9 Å². The van der Waals surface area contributed by atoms with E-state index in [4.69, 9.17) is 0 Å². The lowest BCUT2D eigenvalue weighted by molar-refractivity contribution is -0.110. The van der Waals surface area contributed by atoms with Gasteiger partial charge >= 0.3 is 0 Å². The number of benzene rings is 2. The van der Waals surface area contributed by atoms with Crippen LogP contribution in [0.3, 0.4) is 0 Å². The quantitative estimate of drug-likeness (QED) is 0.735. The van der Waals surface area contributed by atoms with Gasteiger partial charge in [0.2, 0.25) is 0 Å². The van der Waals surface area contributed by atoms with E-state index in [1.165, 1.54) is 11.1 Å². The second kappa shape index (κ2) is 8.45. The van der Waals surface area contributed by atoms with Crippen molar-refractivity contribution in [1.29, 1.82) is 0 Å². The van der Waals surface area contributed by atoms with Gasteiger partial charge in [0, 0.05) is 47.7 Å². The number of allylic oxidation sites excluding steroid dienone is 2. The third-order valence-corrected chi connectivity index (χ3v) is 6.88. The zero-order chi connectivity index (χ0) is 22.2. The summed E-state index contributed by atoms with van der Waals surface area (Å²) in [4.78, 5) is 4.47. The highest BCUT2D eigenvalue weighted by molar-refractivity contribution is 5.77. The lowest BCUT2D eigenvalue weighted by atomic mass is 9.68. The van der Waals surface area contributed by atoms with Gasteiger partial charge in [-0.05, 0) is 49.3 Å². The van der Waals surface area contributed by atoms with Crippen LogP contribution in [0.4, 0.5) is 11.4 Å². The largest absolute Gasteiger partial charge is 0.392 e. The summed E-state index contributed by atoms with van der Waals surface area (Å²) in [6, 6.07) is 16.6. The average molecular weight is 427 g/mol. The molecule has 2 aromatic carbocycles. The molecule has 0 unspecified atom stereocenters. The molecule has 3 aliphatic rings. The van der Waals surface area contributed by atoms with Crippen LogP contribution >= 0.6 is 0 Å². The molecule has 2 heterocycles. The van der Waals surface area contributed by atoms with E-state index in [0.29, 0.717) is 0 Å². The first-order chi connectivity index (χ1) is 15.6. The van der Waals surface area contributed by atoms with E-state index in [1.54, 1.807) is 0 Å². The molecule has 0 amide bonds. The molecular formula is C28H30N2O2. The molecule has 0 bridgehead atoms. The number of para-hydroxylation sites is 2. The molecule has 1 saturated carbocycles. The number of fused-ring (bicyclic) bond motifs is 2. The maximum absolute atomic E-state index is 11.0. The van der Waals surface area contributed by atoms with Crippen molar-refractivity contribution >= 4 is 23.5 Å². The molecule has 32 heavy (non-hydrogen) atoms. The van der Waals surface area contributed by atoms with Crippen LogP contribution in [0.5, 0.6) is 0 Å². The molecular weight excluding hydrogens is 396 g/mol. The van der Waals surface area contributed by atoms with Crippen molar-refractivity contribution in [3.05, 3.63) is 95.4 Å². The van der Waals surface area contributed by atoms with E-state index in [0.717, 1.165) is 35.9 Å². The Balaban J connectivity index is 1.38. The highest BCUT2D eigenvalue weighted by atomic mass is 16.3. The van der Waals surface area contributed by atoms with Crippen molar-refractivity contribution in [3.8, 4) is 0 Å². The van der Waals surface area contributed by atoms with Crippen LogP contribution in [-0.2, 0) is 0 Å². The number of hydrogen-bond donors (Lipinski definition) is 2. The van der Waals surface area contributed by atoms with Gasteiger partial charge in [-0.3, -0.25) is 0 Å². The standard InChI is InChI=1S/C28H30N2O2/c1-3-29-21(15-13-19-9-5-7-11-25(19)29)17-23-27(31)24(28(23)32)18-22-16-14-20-10-6-8-12-26(20)30(22)4-2/h5-18,23-24,27-28,31-32H,3-4H2,1-2H3/b21-17+,22-18+. The summed E-state index contributed by atoms with van der Waals surface area (Å²) in [6.07, 6.45) is 11.2. The Morgan fingerprint density at radius 1 is 0.656 bits per heavy atom. The lowest BCUT2D eigenvalue weighted by Gasteiger charge is -2.45. The lowest BCUT2D eigenvalue weighted by Crippen LogP contribution is -2.54. The summed E-state index contributed by atoms with van der Waals surface area (Å²) in [5.74, 6) is -0.573. The Kier molecular flexibility index (Phi) is 5.50. The molecule has 1 aliphatic carbocycles. The molecule has 4 heteroatoms. The molecule has 164 valence electrons. The predicted octanol–water partition coefficient (Wildman–Crippen LogP) is 4.83. The van der Waals surface area contributed by atoms with Gasteiger partial charge < -0.3 is 20.0 Å². The van der Waals surface area contributed by atoms with E-state index >= 15 is 0 Å². The topological polar surface area (TPSA) is 46.9 Å². The first-order valence-electron chi connectivity index (χ1n) is 11.5. The zero-order valence-electron chi connectivity index (χ0n) is 18.6. The molecule has 0 saturated heterocycles. The number of rotatable bonds is 4. The second-order valence-corrected chi connectivity index (χ2v) is 8.59. The monoisotopic (exact) mass is 426 g/mol. The third-order valence-electron chi connectivity index (χ3n) is 6.88. The summed E-state index contributed by atoms with van der Waals surface area (Å²) in [5.41, 5.74) is 6.76. The molecule has 0 aromatic heterocycles. The molecule has 2 aromatic rings. The fourth-order valence-electron chi connectivity index (χ4n) is 5.11. The first-order valence-corrected chi connectivity index (χ1v) is 11.5. The summed E-state index contributed by atoms with van der Waals surface area (Å²) >= 11 is 0. The average Bonchev–Trinajstić information content (AvgIpc) is 2.84. The van der Waals surface area contributed by atoms with Crippen molar-refractivity contribution in [2.24, 2.45) is 11.8 Å². The SMILES string of the molecule is CCN1/C(=C/C2C(O)C(/C=C3\C=Cc4ccccc4N3CC)C2O)C=Cc2ccccc21. The Hall–Kier alpha value is -3.08. The van der Waals surface area contributed by atoms with Crippen LogP contribution < -0.4 is 9.80 Å². The Labute approximate surface area is 190 Å². The molecule has 0 radical (unpaired) electrons. The normalized spacial score (nSPS) is 28.6. The van der Waals surface area contributed by atoms with Crippen molar-refractivity contribution in [3.63, 3.8) is 0 Å². The predicted molar refractivity (Wildman–Crippen MR) is 132 cm³/mol. The van der Waals surface area contributed by atoms with Gasteiger partial charge in [-0.15, -0.1) is 0 Å². The van der Waals surface area contributed by atoms with Crippen molar-refractivity contribution < 1.29 is 10.2 Å². The molecule has 2 N–H and O–H groups in total. The molecule has 0 atom stereocenters. The number of anilines is 2. The van der Waals surface area contributed by atoms with Crippen LogP contribution in [0, 0.1) is 11.8 Å². The number of hydrogen-bond acceptors (Lipinski definition) is 4. The number of aliphatic hydroxyl groups excluding tert-OH is 2. The summed E-state index contributed by atoms with van der Waals surface area (Å²) < 4.78 is 0. The van der Waals surface area contributed by atoms with Crippen LogP contribution in [-0.4, -0.2) is 35.5 Å². The van der Waals surface area contributed by atoms with Gasteiger partial charge in [0.25, 0.3) is 0 Å². The number of likely N-dealkylation sites (N-methyl/N-ethyl adjacent to an activating group) is 2. The Morgan fingerprint density at radius 3 is 1.47 bits per heavy atom. The van der Waals surface area contributed by atoms with E-state index in [2.05, 4.69) is 72.2 Å². The highest BCUT2D eigenvalue weighted by Crippen LogP contribution is 2.41. The molecule has 0 spiro atoms. The van der Waals surface area contributed by atoms with E-state index in [1.807, 2.05) is 36.4 Å². The van der Waals surface area contributed by atoms with E-state index in [9.17, 15) is 10.2 Å². The van der Waals surface area contributed by atoms with Gasteiger partial charge in [-0.2, -0.15) is 0 Å². The second-order valence-electron chi connectivity index (χ2n) is 8.59. The molecule has 4 nitrogen and oxygen atoms in total. The van der Waals surface area contributed by atoms with E-state index in [-0.39, 0.29) is 11.8 Å². The minimum Gasteiger partial charge on any atom is -0.392 e.